The fraction of sp³-hybridized carbons (Fsp3) is 0.308. The molecular formula is C13H17N5O. The van der Waals surface area contributed by atoms with Gasteiger partial charge in [-0.05, 0) is 19.1 Å². The molecule has 0 aliphatic rings. The van der Waals surface area contributed by atoms with Crippen molar-refractivity contribution in [3.05, 3.63) is 41.5 Å². The Morgan fingerprint density at radius 1 is 1.47 bits per heavy atom. The summed E-state index contributed by atoms with van der Waals surface area (Å²) in [5.74, 6) is -0.136. The molecule has 0 fully saturated rings. The zero-order valence-electron chi connectivity index (χ0n) is 11.3. The molecule has 1 amide bonds. The Balaban J connectivity index is 1.88. The SMILES string of the molecule is Cc1cc(CNC(=O)/C=C/c2cnn(C)c2)n(C)n1. The van der Waals surface area contributed by atoms with Gasteiger partial charge in [0.1, 0.15) is 0 Å². The summed E-state index contributed by atoms with van der Waals surface area (Å²) in [4.78, 5) is 11.7. The Morgan fingerprint density at radius 3 is 2.84 bits per heavy atom. The second-order valence-corrected chi connectivity index (χ2v) is 4.40. The molecule has 0 bridgehead atoms. The predicted octanol–water partition coefficient (Wildman–Crippen LogP) is 0.792. The Bertz CT molecular complexity index is 608. The van der Waals surface area contributed by atoms with Crippen molar-refractivity contribution in [3.63, 3.8) is 0 Å². The van der Waals surface area contributed by atoms with Crippen LogP contribution in [-0.2, 0) is 25.4 Å². The molecule has 0 spiro atoms. The van der Waals surface area contributed by atoms with Gasteiger partial charge in [-0.2, -0.15) is 10.2 Å². The molecule has 2 aromatic rings. The average molecular weight is 259 g/mol. The molecule has 0 atom stereocenters. The number of amides is 1. The number of carbonyl (C=O) groups is 1. The van der Waals surface area contributed by atoms with E-state index in [-0.39, 0.29) is 5.91 Å². The molecule has 0 radical (unpaired) electrons. The first-order chi connectivity index (χ1) is 9.04. The molecule has 0 saturated heterocycles. The quantitative estimate of drug-likeness (QED) is 0.826. The van der Waals surface area contributed by atoms with Crippen LogP contribution in [0, 0.1) is 6.92 Å². The van der Waals surface area contributed by atoms with Gasteiger partial charge in [0.15, 0.2) is 0 Å². The second kappa shape index (κ2) is 5.51. The fourth-order valence-electron chi connectivity index (χ4n) is 1.76. The molecule has 2 aromatic heterocycles. The van der Waals surface area contributed by atoms with E-state index in [2.05, 4.69) is 15.5 Å². The third-order valence-corrected chi connectivity index (χ3v) is 2.69. The monoisotopic (exact) mass is 259 g/mol. The van der Waals surface area contributed by atoms with Crippen molar-refractivity contribution in [2.45, 2.75) is 13.5 Å². The van der Waals surface area contributed by atoms with E-state index < -0.39 is 0 Å². The molecule has 0 aromatic carbocycles. The van der Waals surface area contributed by atoms with Gasteiger partial charge in [-0.1, -0.05) is 0 Å². The third-order valence-electron chi connectivity index (χ3n) is 2.69. The number of nitrogens with one attached hydrogen (secondary N) is 1. The number of hydrogen-bond acceptors (Lipinski definition) is 3. The molecule has 2 heterocycles. The minimum absolute atomic E-state index is 0.136. The molecule has 0 aliphatic heterocycles. The van der Waals surface area contributed by atoms with Crippen molar-refractivity contribution in [2.75, 3.05) is 0 Å². The zero-order chi connectivity index (χ0) is 13.8. The molecule has 0 aliphatic carbocycles. The highest BCUT2D eigenvalue weighted by atomic mass is 16.1. The van der Waals surface area contributed by atoms with Crippen molar-refractivity contribution in [2.24, 2.45) is 14.1 Å². The first kappa shape index (κ1) is 13.1. The summed E-state index contributed by atoms with van der Waals surface area (Å²) >= 11 is 0. The summed E-state index contributed by atoms with van der Waals surface area (Å²) in [6, 6.07) is 1.95. The lowest BCUT2D eigenvalue weighted by Crippen LogP contribution is -2.21. The van der Waals surface area contributed by atoms with Crippen molar-refractivity contribution < 1.29 is 4.79 Å². The van der Waals surface area contributed by atoms with Gasteiger partial charge < -0.3 is 5.32 Å². The molecule has 2 rings (SSSR count). The van der Waals surface area contributed by atoms with E-state index in [0.29, 0.717) is 6.54 Å². The number of aromatic nitrogens is 4. The lowest BCUT2D eigenvalue weighted by Gasteiger charge is -2.02. The van der Waals surface area contributed by atoms with E-state index in [0.717, 1.165) is 17.0 Å². The van der Waals surface area contributed by atoms with Crippen LogP contribution in [0.4, 0.5) is 0 Å². The van der Waals surface area contributed by atoms with Crippen molar-refractivity contribution in [1.29, 1.82) is 0 Å². The molecular weight excluding hydrogens is 242 g/mol. The average Bonchev–Trinajstić information content (AvgIpc) is 2.90. The van der Waals surface area contributed by atoms with Gasteiger partial charge >= 0.3 is 0 Å². The lowest BCUT2D eigenvalue weighted by atomic mass is 10.3. The van der Waals surface area contributed by atoms with Gasteiger partial charge in [0, 0.05) is 31.9 Å². The Labute approximate surface area is 111 Å². The Morgan fingerprint density at radius 2 is 2.26 bits per heavy atom. The molecule has 1 N–H and O–H groups in total. The molecule has 0 saturated carbocycles. The minimum atomic E-state index is -0.136. The topological polar surface area (TPSA) is 64.7 Å². The standard InChI is InChI=1S/C13H17N5O/c1-10-6-12(18(3)16-10)8-14-13(19)5-4-11-7-15-17(2)9-11/h4-7,9H,8H2,1-3H3,(H,14,19)/b5-4+. The molecule has 100 valence electrons. The smallest absolute Gasteiger partial charge is 0.244 e. The van der Waals surface area contributed by atoms with E-state index in [1.807, 2.05) is 33.3 Å². The van der Waals surface area contributed by atoms with E-state index in [9.17, 15) is 4.79 Å². The van der Waals surface area contributed by atoms with Gasteiger partial charge in [0.05, 0.1) is 24.1 Å². The van der Waals surface area contributed by atoms with Crippen LogP contribution in [-0.4, -0.2) is 25.5 Å². The van der Waals surface area contributed by atoms with Gasteiger partial charge in [0.25, 0.3) is 0 Å². The van der Waals surface area contributed by atoms with Gasteiger partial charge in [-0.15, -0.1) is 0 Å². The van der Waals surface area contributed by atoms with Crippen LogP contribution >= 0.6 is 0 Å². The summed E-state index contributed by atoms with van der Waals surface area (Å²) in [6.45, 7) is 2.39. The summed E-state index contributed by atoms with van der Waals surface area (Å²) in [6.07, 6.45) is 6.78. The van der Waals surface area contributed by atoms with Crippen LogP contribution in [0.2, 0.25) is 0 Å². The summed E-state index contributed by atoms with van der Waals surface area (Å²) in [5, 5.41) is 11.1. The van der Waals surface area contributed by atoms with Crippen LogP contribution in [0.25, 0.3) is 6.08 Å². The number of rotatable bonds is 4. The summed E-state index contributed by atoms with van der Waals surface area (Å²) < 4.78 is 3.45. The second-order valence-electron chi connectivity index (χ2n) is 4.40. The van der Waals surface area contributed by atoms with Gasteiger partial charge in [-0.25, -0.2) is 0 Å². The van der Waals surface area contributed by atoms with Gasteiger partial charge in [-0.3, -0.25) is 14.2 Å². The first-order valence-electron chi connectivity index (χ1n) is 5.98. The van der Waals surface area contributed by atoms with Crippen molar-refractivity contribution in [1.82, 2.24) is 24.9 Å². The molecule has 6 nitrogen and oxygen atoms in total. The predicted molar refractivity (Wildman–Crippen MR) is 72.0 cm³/mol. The molecule has 0 unspecified atom stereocenters. The lowest BCUT2D eigenvalue weighted by molar-refractivity contribution is -0.116. The number of nitrogens with zero attached hydrogens (tertiary/aromatic N) is 4. The number of aryl methyl sites for hydroxylation is 3. The number of carbonyl (C=O) groups excluding carboxylic acids is 1. The van der Waals surface area contributed by atoms with E-state index in [1.165, 1.54) is 6.08 Å². The maximum atomic E-state index is 11.7. The highest BCUT2D eigenvalue weighted by Gasteiger charge is 2.03. The fourth-order valence-corrected chi connectivity index (χ4v) is 1.76. The largest absolute Gasteiger partial charge is 0.347 e. The minimum Gasteiger partial charge on any atom is -0.347 e. The van der Waals surface area contributed by atoms with Crippen LogP contribution < -0.4 is 5.32 Å². The number of hydrogen-bond donors (Lipinski definition) is 1. The van der Waals surface area contributed by atoms with Crippen molar-refractivity contribution >= 4 is 12.0 Å². The van der Waals surface area contributed by atoms with Crippen LogP contribution in [0.1, 0.15) is 17.0 Å². The van der Waals surface area contributed by atoms with E-state index in [1.54, 1.807) is 21.6 Å². The highest BCUT2D eigenvalue weighted by Crippen LogP contribution is 2.02. The Hall–Kier alpha value is -2.37. The third kappa shape index (κ3) is 3.54. The highest BCUT2D eigenvalue weighted by molar-refractivity contribution is 5.91. The normalized spacial score (nSPS) is 11.1. The van der Waals surface area contributed by atoms with E-state index >= 15 is 0 Å². The van der Waals surface area contributed by atoms with Crippen LogP contribution in [0.15, 0.2) is 24.5 Å². The van der Waals surface area contributed by atoms with Gasteiger partial charge in [0.2, 0.25) is 5.91 Å². The maximum Gasteiger partial charge on any atom is 0.244 e. The summed E-state index contributed by atoms with van der Waals surface area (Å²) in [5.41, 5.74) is 2.81. The van der Waals surface area contributed by atoms with E-state index in [4.69, 9.17) is 0 Å². The van der Waals surface area contributed by atoms with Crippen LogP contribution in [0.3, 0.4) is 0 Å². The Kier molecular flexibility index (Phi) is 3.79. The molecule has 6 heteroatoms. The zero-order valence-corrected chi connectivity index (χ0v) is 11.3. The molecule has 19 heavy (non-hydrogen) atoms. The first-order valence-corrected chi connectivity index (χ1v) is 5.98. The maximum absolute atomic E-state index is 11.7. The summed E-state index contributed by atoms with van der Waals surface area (Å²) in [7, 11) is 3.70. The van der Waals surface area contributed by atoms with Crippen molar-refractivity contribution in [3.8, 4) is 0 Å². The van der Waals surface area contributed by atoms with Crippen LogP contribution in [0.5, 0.6) is 0 Å².